The average molecular weight is 308 g/mol. The smallest absolute Gasteiger partial charge is 0.253 e. The van der Waals surface area contributed by atoms with Crippen molar-refractivity contribution < 1.29 is 9.21 Å². The van der Waals surface area contributed by atoms with Gasteiger partial charge in [-0.3, -0.25) is 4.79 Å². The van der Waals surface area contributed by atoms with Gasteiger partial charge in [0.1, 0.15) is 5.76 Å². The Labute approximate surface area is 128 Å². The third-order valence-electron chi connectivity index (χ3n) is 3.07. The number of hydrogen-bond acceptors (Lipinski definition) is 4. The summed E-state index contributed by atoms with van der Waals surface area (Å²) < 4.78 is 5.43. The van der Waals surface area contributed by atoms with Crippen molar-refractivity contribution in [3.8, 4) is 0 Å². The van der Waals surface area contributed by atoms with Gasteiger partial charge in [0.15, 0.2) is 0 Å². The van der Waals surface area contributed by atoms with Crippen molar-refractivity contribution in [2.24, 2.45) is 0 Å². The normalized spacial score (nSPS) is 10.5. The van der Waals surface area contributed by atoms with Crippen molar-refractivity contribution in [2.45, 2.75) is 27.3 Å². The second-order valence-electron chi connectivity index (χ2n) is 4.65. The average Bonchev–Trinajstić information content (AvgIpc) is 2.77. The Bertz CT molecular complexity index is 633. The van der Waals surface area contributed by atoms with Gasteiger partial charge < -0.3 is 15.1 Å². The number of hydrogen-bond donors (Lipinski definition) is 2. The highest BCUT2D eigenvalue weighted by molar-refractivity contribution is 6.31. The molecule has 0 spiro atoms. The summed E-state index contributed by atoms with van der Waals surface area (Å²) in [5.74, 6) is 1.03. The molecule has 0 fully saturated rings. The van der Waals surface area contributed by atoms with Gasteiger partial charge in [-0.15, -0.1) is 0 Å². The highest BCUT2D eigenvalue weighted by Gasteiger charge is 2.13. The van der Waals surface area contributed by atoms with Crippen LogP contribution in [-0.2, 0) is 6.54 Å². The molecule has 1 aromatic heterocycles. The molecule has 6 heteroatoms. The number of benzene rings is 1. The van der Waals surface area contributed by atoms with E-state index in [2.05, 4.69) is 15.6 Å². The van der Waals surface area contributed by atoms with Gasteiger partial charge in [0.25, 0.3) is 5.91 Å². The molecule has 1 aromatic carbocycles. The largest absolute Gasteiger partial charge is 0.444 e. The molecule has 2 rings (SSSR count). The molecule has 0 radical (unpaired) electrons. The Morgan fingerprint density at radius 2 is 2.14 bits per heavy atom. The summed E-state index contributed by atoms with van der Waals surface area (Å²) >= 11 is 5.96. The fourth-order valence-corrected chi connectivity index (χ4v) is 2.09. The summed E-state index contributed by atoms with van der Waals surface area (Å²) in [7, 11) is 0. The van der Waals surface area contributed by atoms with Gasteiger partial charge in [-0.25, -0.2) is 4.98 Å². The first kappa shape index (κ1) is 15.4. The lowest BCUT2D eigenvalue weighted by Gasteiger charge is -2.10. The van der Waals surface area contributed by atoms with Crippen LogP contribution in [0.4, 0.5) is 5.69 Å². The first-order valence-corrected chi connectivity index (χ1v) is 7.13. The molecule has 0 aliphatic rings. The molecule has 1 amide bonds. The minimum absolute atomic E-state index is 0.220. The summed E-state index contributed by atoms with van der Waals surface area (Å²) in [4.78, 5) is 16.5. The third kappa shape index (κ3) is 3.76. The van der Waals surface area contributed by atoms with Crippen LogP contribution < -0.4 is 10.6 Å². The lowest BCUT2D eigenvalue weighted by Crippen LogP contribution is -2.24. The number of nitrogens with zero attached hydrogens (tertiary/aromatic N) is 1. The molecule has 5 nitrogen and oxygen atoms in total. The van der Waals surface area contributed by atoms with Gasteiger partial charge in [0, 0.05) is 17.3 Å². The minimum atomic E-state index is -0.220. The molecule has 0 unspecified atom stereocenters. The highest BCUT2D eigenvalue weighted by atomic mass is 35.5. The lowest BCUT2D eigenvalue weighted by atomic mass is 10.1. The first-order chi connectivity index (χ1) is 10.0. The van der Waals surface area contributed by atoms with Gasteiger partial charge in [-0.1, -0.05) is 11.6 Å². The minimum Gasteiger partial charge on any atom is -0.444 e. The van der Waals surface area contributed by atoms with Crippen LogP contribution in [0.15, 0.2) is 22.6 Å². The molecule has 21 heavy (non-hydrogen) atoms. The van der Waals surface area contributed by atoms with Crippen LogP contribution in [0.25, 0.3) is 0 Å². The van der Waals surface area contributed by atoms with Crippen molar-refractivity contribution in [3.63, 3.8) is 0 Å². The second-order valence-corrected chi connectivity index (χ2v) is 5.09. The van der Waals surface area contributed by atoms with E-state index in [9.17, 15) is 4.79 Å². The Kier molecular flexibility index (Phi) is 4.85. The van der Waals surface area contributed by atoms with Crippen LogP contribution >= 0.6 is 11.6 Å². The SMILES string of the molecule is CCNc1ccc(Cl)cc1C(=O)NCc1nc(C)c(C)o1. The monoisotopic (exact) mass is 307 g/mol. The van der Waals surface area contributed by atoms with Crippen molar-refractivity contribution >= 4 is 23.2 Å². The number of aromatic nitrogens is 1. The quantitative estimate of drug-likeness (QED) is 0.889. The van der Waals surface area contributed by atoms with Crippen LogP contribution in [0.2, 0.25) is 5.02 Å². The summed E-state index contributed by atoms with van der Waals surface area (Å²) in [5.41, 5.74) is 2.08. The predicted molar refractivity (Wildman–Crippen MR) is 82.8 cm³/mol. The zero-order valence-electron chi connectivity index (χ0n) is 12.3. The van der Waals surface area contributed by atoms with Gasteiger partial charge in [-0.2, -0.15) is 0 Å². The maximum absolute atomic E-state index is 12.3. The fraction of sp³-hybridized carbons (Fsp3) is 0.333. The second kappa shape index (κ2) is 6.63. The topological polar surface area (TPSA) is 67.2 Å². The zero-order valence-corrected chi connectivity index (χ0v) is 13.0. The van der Waals surface area contributed by atoms with Crippen LogP contribution in [0.3, 0.4) is 0 Å². The van der Waals surface area contributed by atoms with Gasteiger partial charge in [-0.05, 0) is 39.0 Å². The number of nitrogens with one attached hydrogen (secondary N) is 2. The Balaban J connectivity index is 2.10. The molecule has 0 bridgehead atoms. The van der Waals surface area contributed by atoms with E-state index in [1.165, 1.54) is 0 Å². The molecule has 0 atom stereocenters. The molecule has 0 aliphatic heterocycles. The Hall–Kier alpha value is -2.01. The van der Waals surface area contributed by atoms with Crippen LogP contribution in [0.1, 0.15) is 34.6 Å². The molecular formula is C15H18ClN3O2. The van der Waals surface area contributed by atoms with E-state index in [0.717, 1.165) is 23.7 Å². The van der Waals surface area contributed by atoms with E-state index in [0.29, 0.717) is 16.5 Å². The van der Waals surface area contributed by atoms with E-state index in [-0.39, 0.29) is 12.5 Å². The standard InChI is InChI=1S/C15H18ClN3O2/c1-4-17-13-6-5-11(16)7-12(13)15(20)18-8-14-19-9(2)10(3)21-14/h5-7,17H,4,8H2,1-3H3,(H,18,20). The number of oxazole rings is 1. The van der Waals surface area contributed by atoms with Gasteiger partial charge >= 0.3 is 0 Å². The van der Waals surface area contributed by atoms with Crippen molar-refractivity contribution in [3.05, 3.63) is 46.1 Å². The number of carbonyl (C=O) groups is 1. The predicted octanol–water partition coefficient (Wildman–Crippen LogP) is 3.31. The lowest BCUT2D eigenvalue weighted by molar-refractivity contribution is 0.0948. The number of amides is 1. The summed E-state index contributed by atoms with van der Waals surface area (Å²) in [6, 6.07) is 5.18. The zero-order chi connectivity index (χ0) is 15.4. The summed E-state index contributed by atoms with van der Waals surface area (Å²) in [6.45, 7) is 6.64. The van der Waals surface area contributed by atoms with E-state index >= 15 is 0 Å². The van der Waals surface area contributed by atoms with Crippen molar-refractivity contribution in [1.29, 1.82) is 0 Å². The van der Waals surface area contributed by atoms with Crippen LogP contribution in [-0.4, -0.2) is 17.4 Å². The Morgan fingerprint density at radius 1 is 1.38 bits per heavy atom. The molecule has 0 saturated heterocycles. The van der Waals surface area contributed by atoms with E-state index in [1.54, 1.807) is 18.2 Å². The summed E-state index contributed by atoms with van der Waals surface area (Å²) in [6.07, 6.45) is 0. The van der Waals surface area contributed by atoms with Gasteiger partial charge in [0.05, 0.1) is 17.8 Å². The molecule has 112 valence electrons. The van der Waals surface area contributed by atoms with Crippen LogP contribution in [0.5, 0.6) is 0 Å². The fourth-order valence-electron chi connectivity index (χ4n) is 1.91. The molecule has 2 aromatic rings. The number of aryl methyl sites for hydroxylation is 2. The maximum atomic E-state index is 12.3. The van der Waals surface area contributed by atoms with E-state index in [1.807, 2.05) is 20.8 Å². The van der Waals surface area contributed by atoms with Crippen molar-refractivity contribution in [1.82, 2.24) is 10.3 Å². The Morgan fingerprint density at radius 3 is 2.76 bits per heavy atom. The summed E-state index contributed by atoms with van der Waals surface area (Å²) in [5, 5.41) is 6.44. The first-order valence-electron chi connectivity index (χ1n) is 6.75. The maximum Gasteiger partial charge on any atom is 0.253 e. The molecular weight excluding hydrogens is 290 g/mol. The van der Waals surface area contributed by atoms with E-state index < -0.39 is 0 Å². The molecule has 2 N–H and O–H groups in total. The van der Waals surface area contributed by atoms with E-state index in [4.69, 9.17) is 16.0 Å². The van der Waals surface area contributed by atoms with Crippen LogP contribution in [0, 0.1) is 13.8 Å². The third-order valence-corrected chi connectivity index (χ3v) is 3.30. The number of rotatable bonds is 5. The van der Waals surface area contributed by atoms with Crippen molar-refractivity contribution in [2.75, 3.05) is 11.9 Å². The highest BCUT2D eigenvalue weighted by Crippen LogP contribution is 2.20. The molecule has 0 saturated carbocycles. The number of anilines is 1. The molecule has 1 heterocycles. The molecule has 0 aliphatic carbocycles. The number of halogens is 1. The number of carbonyl (C=O) groups excluding carboxylic acids is 1. The van der Waals surface area contributed by atoms with Gasteiger partial charge in [0.2, 0.25) is 5.89 Å².